The second kappa shape index (κ2) is 7.21. The van der Waals surface area contributed by atoms with Crippen LogP contribution >= 0.6 is 0 Å². The third kappa shape index (κ3) is 2.83. The van der Waals surface area contributed by atoms with Crippen molar-refractivity contribution < 1.29 is 4.79 Å². The summed E-state index contributed by atoms with van der Waals surface area (Å²) < 4.78 is 0. The third-order valence-corrected chi connectivity index (χ3v) is 9.70. The molecule has 1 aromatic heterocycles. The molecule has 3 nitrogen and oxygen atoms in total. The van der Waals surface area contributed by atoms with Gasteiger partial charge < -0.3 is 4.90 Å². The van der Waals surface area contributed by atoms with Gasteiger partial charge in [0.25, 0.3) is 0 Å². The molecule has 3 heteroatoms. The van der Waals surface area contributed by atoms with Crippen LogP contribution in [0.25, 0.3) is 5.57 Å². The van der Waals surface area contributed by atoms with Crippen LogP contribution in [0.15, 0.2) is 24.5 Å². The zero-order valence-corrected chi connectivity index (χ0v) is 19.3. The Balaban J connectivity index is 1.43. The number of carbonyl (C=O) groups excluding carboxylic acids is 1. The van der Waals surface area contributed by atoms with Gasteiger partial charge in [0.1, 0.15) is 0 Å². The van der Waals surface area contributed by atoms with E-state index >= 15 is 0 Å². The number of hydrogen-bond acceptors (Lipinski definition) is 2. The van der Waals surface area contributed by atoms with Gasteiger partial charge in [-0.1, -0.05) is 26.8 Å². The monoisotopic (exact) mass is 406 g/mol. The summed E-state index contributed by atoms with van der Waals surface area (Å²) in [5, 5.41) is 0. The van der Waals surface area contributed by atoms with Gasteiger partial charge in [0.05, 0.1) is 0 Å². The van der Waals surface area contributed by atoms with Crippen LogP contribution in [-0.2, 0) is 4.79 Å². The maximum Gasteiger partial charge on any atom is 0.222 e. The molecule has 4 aliphatic rings. The van der Waals surface area contributed by atoms with Crippen molar-refractivity contribution >= 4 is 11.5 Å². The van der Waals surface area contributed by atoms with Crippen molar-refractivity contribution in [3.05, 3.63) is 35.7 Å². The average molecular weight is 407 g/mol. The van der Waals surface area contributed by atoms with Crippen molar-refractivity contribution in [2.45, 2.75) is 85.1 Å². The molecule has 1 saturated heterocycles. The van der Waals surface area contributed by atoms with Crippen LogP contribution in [0.5, 0.6) is 0 Å². The molecule has 0 aromatic carbocycles. The van der Waals surface area contributed by atoms with Crippen LogP contribution in [0.2, 0.25) is 0 Å². The highest BCUT2D eigenvalue weighted by Crippen LogP contribution is 2.66. The Kier molecular flexibility index (Phi) is 4.87. The highest BCUT2D eigenvalue weighted by molar-refractivity contribution is 5.76. The Morgan fingerprint density at radius 1 is 1.17 bits per heavy atom. The topological polar surface area (TPSA) is 33.2 Å². The van der Waals surface area contributed by atoms with Gasteiger partial charge in [-0.2, -0.15) is 0 Å². The van der Waals surface area contributed by atoms with E-state index in [1.807, 2.05) is 13.1 Å². The lowest BCUT2D eigenvalue weighted by Gasteiger charge is -2.62. The molecule has 2 heterocycles. The quantitative estimate of drug-likeness (QED) is 0.601. The van der Waals surface area contributed by atoms with Gasteiger partial charge in [-0.3, -0.25) is 9.78 Å². The van der Waals surface area contributed by atoms with E-state index in [1.165, 1.54) is 56.1 Å². The second-order valence-corrected chi connectivity index (χ2v) is 11.1. The first-order valence-electron chi connectivity index (χ1n) is 12.3. The molecule has 2 unspecified atom stereocenters. The number of carbonyl (C=O) groups is 1. The highest BCUT2D eigenvalue weighted by atomic mass is 16.2. The molecule has 6 atom stereocenters. The van der Waals surface area contributed by atoms with E-state index in [1.54, 1.807) is 5.57 Å². The first-order chi connectivity index (χ1) is 14.4. The molecule has 1 aromatic rings. The minimum absolute atomic E-state index is 0.285. The zero-order valence-electron chi connectivity index (χ0n) is 19.3. The smallest absolute Gasteiger partial charge is 0.222 e. The van der Waals surface area contributed by atoms with E-state index in [-0.39, 0.29) is 5.41 Å². The molecule has 3 fully saturated rings. The number of likely N-dealkylation sites (tertiary alicyclic amines) is 1. The van der Waals surface area contributed by atoms with Crippen LogP contribution in [0, 0.1) is 35.5 Å². The number of pyridine rings is 1. The van der Waals surface area contributed by atoms with Gasteiger partial charge in [-0.25, -0.2) is 0 Å². The minimum Gasteiger partial charge on any atom is -0.339 e. The molecule has 3 aliphatic carbocycles. The van der Waals surface area contributed by atoms with E-state index in [0.29, 0.717) is 23.8 Å². The predicted molar refractivity (Wildman–Crippen MR) is 122 cm³/mol. The van der Waals surface area contributed by atoms with E-state index in [4.69, 9.17) is 0 Å². The summed E-state index contributed by atoms with van der Waals surface area (Å²) in [6, 6.07) is 2.80. The lowest BCUT2D eigenvalue weighted by atomic mass is 9.46. The second-order valence-electron chi connectivity index (χ2n) is 11.1. The third-order valence-electron chi connectivity index (χ3n) is 9.70. The van der Waals surface area contributed by atoms with Gasteiger partial charge in [0.2, 0.25) is 5.91 Å². The number of piperidine rings is 1. The van der Waals surface area contributed by atoms with Gasteiger partial charge in [-0.05, 0) is 103 Å². The van der Waals surface area contributed by atoms with Crippen LogP contribution in [0.3, 0.4) is 0 Å². The van der Waals surface area contributed by atoms with Crippen molar-refractivity contribution in [3.63, 3.8) is 0 Å². The number of rotatable bonds is 2. The number of aryl methyl sites for hydroxylation is 1. The molecule has 0 bridgehead atoms. The Hall–Kier alpha value is -1.64. The molecule has 162 valence electrons. The van der Waals surface area contributed by atoms with Gasteiger partial charge in [-0.15, -0.1) is 0 Å². The Labute approximate surface area is 182 Å². The van der Waals surface area contributed by atoms with Gasteiger partial charge >= 0.3 is 0 Å². The van der Waals surface area contributed by atoms with Crippen LogP contribution in [0.4, 0.5) is 0 Å². The number of hydrogen-bond donors (Lipinski definition) is 0. The molecule has 2 saturated carbocycles. The summed E-state index contributed by atoms with van der Waals surface area (Å²) in [6.07, 6.45) is 16.0. The van der Waals surface area contributed by atoms with Crippen molar-refractivity contribution in [1.29, 1.82) is 0 Å². The molecule has 0 radical (unpaired) electrons. The number of amides is 1. The van der Waals surface area contributed by atoms with Crippen molar-refractivity contribution in [1.82, 2.24) is 9.88 Å². The maximum absolute atomic E-state index is 12.7. The Morgan fingerprint density at radius 2 is 2.00 bits per heavy atom. The number of fused-ring (bicyclic) bond motifs is 5. The van der Waals surface area contributed by atoms with E-state index < -0.39 is 0 Å². The molecular formula is C27H38N2O. The largest absolute Gasteiger partial charge is 0.339 e. The molecular weight excluding hydrogens is 368 g/mol. The molecule has 1 amide bonds. The number of nitrogens with zero attached hydrogens (tertiary/aromatic N) is 2. The minimum atomic E-state index is 0.285. The number of allylic oxidation sites excluding steroid dienone is 2. The summed E-state index contributed by atoms with van der Waals surface area (Å²) in [5.74, 6) is 2.70. The van der Waals surface area contributed by atoms with Gasteiger partial charge in [0, 0.05) is 31.4 Å². The van der Waals surface area contributed by atoms with Crippen molar-refractivity contribution in [2.75, 3.05) is 6.54 Å². The fourth-order valence-electron chi connectivity index (χ4n) is 8.30. The normalized spacial score (nSPS) is 40.3. The highest BCUT2D eigenvalue weighted by Gasteiger charge is 2.59. The summed E-state index contributed by atoms with van der Waals surface area (Å²) in [5.41, 5.74) is 4.75. The van der Waals surface area contributed by atoms with Crippen molar-refractivity contribution in [2.24, 2.45) is 28.6 Å². The van der Waals surface area contributed by atoms with E-state index in [9.17, 15) is 4.79 Å². The SMILES string of the molecule is CCC(=O)N1CCC[C@]2(C)C3CC[C@]4(C)C(c5cncc(C)c5)=CC[C@H]4[C@@H]3CCC12. The molecule has 30 heavy (non-hydrogen) atoms. The summed E-state index contributed by atoms with van der Waals surface area (Å²) >= 11 is 0. The first-order valence-corrected chi connectivity index (χ1v) is 12.3. The standard InChI is InChI=1S/C27H38N2O/c1-5-25(30)29-14-6-12-27(4)23-11-13-26(3)21(19-15-18(2)16-28-17-19)8-9-22(26)20(23)7-10-24(27)29/h8,15-17,20,22-24H,5-7,9-14H2,1-4H3/t20-,22-,23?,24?,26+,27+/m0/s1. The zero-order chi connectivity index (χ0) is 21.1. The maximum atomic E-state index is 12.7. The first kappa shape index (κ1) is 20.3. The fraction of sp³-hybridized carbons (Fsp3) is 0.704. The van der Waals surface area contributed by atoms with Crippen LogP contribution in [-0.4, -0.2) is 28.4 Å². The summed E-state index contributed by atoms with van der Waals surface area (Å²) in [7, 11) is 0. The molecule has 0 N–H and O–H groups in total. The number of aromatic nitrogens is 1. The van der Waals surface area contributed by atoms with Gasteiger partial charge in [0.15, 0.2) is 0 Å². The average Bonchev–Trinajstić information content (AvgIpc) is 3.09. The summed E-state index contributed by atoms with van der Waals surface area (Å²) in [4.78, 5) is 19.5. The Bertz CT molecular complexity index is 875. The fourth-order valence-corrected chi connectivity index (χ4v) is 8.30. The molecule has 1 aliphatic heterocycles. The predicted octanol–water partition coefficient (Wildman–Crippen LogP) is 6.03. The van der Waals surface area contributed by atoms with E-state index in [2.05, 4.69) is 49.0 Å². The lowest BCUT2D eigenvalue weighted by Crippen LogP contribution is -2.61. The van der Waals surface area contributed by atoms with Crippen LogP contribution in [0.1, 0.15) is 83.3 Å². The van der Waals surface area contributed by atoms with Crippen molar-refractivity contribution in [3.8, 4) is 0 Å². The lowest BCUT2D eigenvalue weighted by molar-refractivity contribution is -0.153. The van der Waals surface area contributed by atoms with E-state index in [0.717, 1.165) is 24.3 Å². The molecule has 5 rings (SSSR count). The van der Waals surface area contributed by atoms with Crippen LogP contribution < -0.4 is 0 Å². The Morgan fingerprint density at radius 3 is 2.77 bits per heavy atom. The molecule has 0 spiro atoms. The summed E-state index contributed by atoms with van der Waals surface area (Å²) in [6.45, 7) is 10.2.